The average molecular weight is 554 g/mol. The van der Waals surface area contributed by atoms with E-state index < -0.39 is 36.5 Å². The second-order valence-corrected chi connectivity index (χ2v) is 11.6. The molecule has 2 aliphatic heterocycles. The number of carbonyl (C=O) groups excluding carboxylic acids is 1. The number of rotatable bonds is 6. The van der Waals surface area contributed by atoms with E-state index in [4.69, 9.17) is 0 Å². The van der Waals surface area contributed by atoms with Crippen molar-refractivity contribution in [2.24, 2.45) is 28.7 Å². The van der Waals surface area contributed by atoms with Gasteiger partial charge in [-0.05, 0) is 50.4 Å². The summed E-state index contributed by atoms with van der Waals surface area (Å²) >= 11 is 0. The predicted molar refractivity (Wildman–Crippen MR) is 132 cm³/mol. The van der Waals surface area contributed by atoms with Gasteiger partial charge in [-0.1, -0.05) is 19.3 Å². The molecule has 0 aromatic rings. The van der Waals surface area contributed by atoms with E-state index in [0.29, 0.717) is 13.1 Å². The summed E-state index contributed by atoms with van der Waals surface area (Å²) in [5.41, 5.74) is 0. The minimum atomic E-state index is -4.64. The standard InChI is InChI=1S/C26H41F6N5O/c1-35(10-7-18-15-20(25(27,28)29)17-21(16-18)26(30,31)32)23(38)22(19-5-3-2-4-6-19)36-11-13-37(14-12-36)24-33-8-9-34-24/h18-22H,2-17H2,1H3,(H,33,34). The normalized spacial score (nSPS) is 29.1. The van der Waals surface area contributed by atoms with Gasteiger partial charge in [-0.15, -0.1) is 0 Å². The molecule has 2 heterocycles. The number of aliphatic imine (C=N–C) groups is 1. The maximum Gasteiger partial charge on any atom is 0.391 e. The van der Waals surface area contributed by atoms with E-state index in [1.165, 1.54) is 0 Å². The SMILES string of the molecule is CN(CCC1CC(C(F)(F)F)CC(C(F)(F)F)C1)C(=O)C(C1CCCCC1)N1CCN(C2=NCCN2)CC1. The summed E-state index contributed by atoms with van der Waals surface area (Å²) in [6.45, 7) is 4.70. The molecule has 12 heteroatoms. The molecule has 3 atom stereocenters. The van der Waals surface area contributed by atoms with Crippen molar-refractivity contribution in [1.82, 2.24) is 20.0 Å². The van der Waals surface area contributed by atoms with Crippen molar-refractivity contribution < 1.29 is 31.1 Å². The van der Waals surface area contributed by atoms with Crippen LogP contribution in [0.4, 0.5) is 26.3 Å². The lowest BCUT2D eigenvalue weighted by Gasteiger charge is -2.44. The zero-order valence-corrected chi connectivity index (χ0v) is 22.2. The van der Waals surface area contributed by atoms with E-state index >= 15 is 0 Å². The van der Waals surface area contributed by atoms with Crippen LogP contribution in [0.2, 0.25) is 0 Å². The van der Waals surface area contributed by atoms with Crippen LogP contribution in [0.25, 0.3) is 0 Å². The largest absolute Gasteiger partial charge is 0.391 e. The van der Waals surface area contributed by atoms with Gasteiger partial charge in [0.05, 0.1) is 24.4 Å². The van der Waals surface area contributed by atoms with Gasteiger partial charge < -0.3 is 15.1 Å². The maximum atomic E-state index is 13.8. The number of hydrogen-bond acceptors (Lipinski definition) is 5. The highest BCUT2D eigenvalue weighted by Gasteiger charge is 2.51. The number of piperazine rings is 1. The Balaban J connectivity index is 1.38. The Labute approximate surface area is 221 Å². The number of nitrogens with one attached hydrogen (secondary N) is 1. The van der Waals surface area contributed by atoms with Gasteiger partial charge in [0.1, 0.15) is 0 Å². The Morgan fingerprint density at radius 2 is 1.58 bits per heavy atom. The highest BCUT2D eigenvalue weighted by molar-refractivity contribution is 5.83. The van der Waals surface area contributed by atoms with Crippen LogP contribution in [0.5, 0.6) is 0 Å². The van der Waals surface area contributed by atoms with Crippen LogP contribution in [0.1, 0.15) is 57.8 Å². The Hall–Kier alpha value is -1.72. The smallest absolute Gasteiger partial charge is 0.354 e. The molecule has 1 N–H and O–H groups in total. The first-order chi connectivity index (χ1) is 17.9. The number of alkyl halides is 6. The predicted octanol–water partition coefficient (Wildman–Crippen LogP) is 4.52. The van der Waals surface area contributed by atoms with Crippen molar-refractivity contribution in [3.8, 4) is 0 Å². The highest BCUT2D eigenvalue weighted by Crippen LogP contribution is 2.48. The molecule has 0 aromatic heterocycles. The third-order valence-corrected chi connectivity index (χ3v) is 8.99. The number of hydrogen-bond donors (Lipinski definition) is 1. The van der Waals surface area contributed by atoms with Gasteiger partial charge in [-0.25, -0.2) is 0 Å². The number of halogens is 6. The van der Waals surface area contributed by atoms with Crippen LogP contribution in [-0.4, -0.2) is 97.8 Å². The number of nitrogens with zero attached hydrogens (tertiary/aromatic N) is 4. The van der Waals surface area contributed by atoms with Crippen molar-refractivity contribution in [1.29, 1.82) is 0 Å². The molecule has 0 aromatic carbocycles. The summed E-state index contributed by atoms with van der Waals surface area (Å²) in [6.07, 6.45) is -5.42. The average Bonchev–Trinajstić information content (AvgIpc) is 3.42. The molecule has 218 valence electrons. The molecule has 3 unspecified atom stereocenters. The zero-order chi connectivity index (χ0) is 27.5. The molecule has 2 aliphatic carbocycles. The third-order valence-electron chi connectivity index (χ3n) is 8.99. The van der Waals surface area contributed by atoms with Crippen LogP contribution in [0.3, 0.4) is 0 Å². The van der Waals surface area contributed by atoms with Crippen molar-refractivity contribution in [3.63, 3.8) is 0 Å². The van der Waals surface area contributed by atoms with Crippen molar-refractivity contribution in [2.45, 2.75) is 76.2 Å². The molecule has 0 radical (unpaired) electrons. The second-order valence-electron chi connectivity index (χ2n) is 11.6. The van der Waals surface area contributed by atoms with Crippen molar-refractivity contribution in [3.05, 3.63) is 0 Å². The molecule has 38 heavy (non-hydrogen) atoms. The Bertz CT molecular complexity index is 798. The van der Waals surface area contributed by atoms with Gasteiger partial charge in [-0.2, -0.15) is 26.3 Å². The lowest BCUT2D eigenvalue weighted by Crippen LogP contribution is -2.59. The Morgan fingerprint density at radius 3 is 2.11 bits per heavy atom. The molecule has 4 rings (SSSR count). The second kappa shape index (κ2) is 12.2. The van der Waals surface area contributed by atoms with Crippen molar-refractivity contribution in [2.75, 3.05) is 52.9 Å². The van der Waals surface area contributed by atoms with Crippen LogP contribution in [-0.2, 0) is 4.79 Å². The fraction of sp³-hybridized carbons (Fsp3) is 0.923. The molecular formula is C26H41F6N5O. The minimum Gasteiger partial charge on any atom is -0.354 e. The topological polar surface area (TPSA) is 51.2 Å². The molecule has 1 saturated heterocycles. The van der Waals surface area contributed by atoms with Gasteiger partial charge in [0.15, 0.2) is 5.96 Å². The molecule has 4 aliphatic rings. The third kappa shape index (κ3) is 7.27. The van der Waals surface area contributed by atoms with Gasteiger partial charge in [0.25, 0.3) is 0 Å². The van der Waals surface area contributed by atoms with Gasteiger partial charge >= 0.3 is 12.4 Å². The van der Waals surface area contributed by atoms with Gasteiger partial charge in [-0.3, -0.25) is 14.7 Å². The molecule has 0 bridgehead atoms. The lowest BCUT2D eigenvalue weighted by molar-refractivity contribution is -0.229. The zero-order valence-electron chi connectivity index (χ0n) is 22.2. The first-order valence-electron chi connectivity index (χ1n) is 14.1. The van der Waals surface area contributed by atoms with E-state index in [0.717, 1.165) is 64.2 Å². The summed E-state index contributed by atoms with van der Waals surface area (Å²) < 4.78 is 80.4. The Morgan fingerprint density at radius 1 is 0.974 bits per heavy atom. The molecule has 3 fully saturated rings. The summed E-state index contributed by atoms with van der Waals surface area (Å²) in [4.78, 5) is 24.3. The monoisotopic (exact) mass is 553 g/mol. The summed E-state index contributed by atoms with van der Waals surface area (Å²) in [7, 11) is 1.65. The van der Waals surface area contributed by atoms with Crippen LogP contribution >= 0.6 is 0 Å². The molecule has 1 amide bonds. The number of carbonyl (C=O) groups is 1. The number of guanidine groups is 1. The van der Waals surface area contributed by atoms with E-state index in [1.54, 1.807) is 11.9 Å². The Kier molecular flexibility index (Phi) is 9.40. The van der Waals surface area contributed by atoms with E-state index in [2.05, 4.69) is 20.1 Å². The lowest BCUT2D eigenvalue weighted by atomic mass is 9.73. The fourth-order valence-corrected chi connectivity index (χ4v) is 6.83. The van der Waals surface area contributed by atoms with Crippen LogP contribution < -0.4 is 5.32 Å². The summed E-state index contributed by atoms with van der Waals surface area (Å²) in [5, 5.41) is 3.29. The minimum absolute atomic E-state index is 0.0581. The van der Waals surface area contributed by atoms with E-state index in [1.807, 2.05) is 0 Å². The van der Waals surface area contributed by atoms with E-state index in [9.17, 15) is 31.1 Å². The first kappa shape index (κ1) is 29.3. The summed E-state index contributed by atoms with van der Waals surface area (Å²) in [5.74, 6) is -3.54. The van der Waals surface area contributed by atoms with Crippen LogP contribution in [0, 0.1) is 23.7 Å². The first-order valence-corrected chi connectivity index (χ1v) is 14.1. The molecule has 6 nitrogen and oxygen atoms in total. The van der Waals surface area contributed by atoms with Crippen LogP contribution in [0.15, 0.2) is 4.99 Å². The molecule has 0 spiro atoms. The van der Waals surface area contributed by atoms with Gasteiger partial charge in [0.2, 0.25) is 5.91 Å². The maximum absolute atomic E-state index is 13.8. The summed E-state index contributed by atoms with van der Waals surface area (Å²) in [6, 6.07) is -0.307. The highest BCUT2D eigenvalue weighted by atomic mass is 19.4. The van der Waals surface area contributed by atoms with Crippen molar-refractivity contribution >= 4 is 11.9 Å². The fourth-order valence-electron chi connectivity index (χ4n) is 6.83. The molecule has 2 saturated carbocycles. The van der Waals surface area contributed by atoms with E-state index in [-0.39, 0.29) is 43.7 Å². The van der Waals surface area contributed by atoms with Gasteiger partial charge in [0, 0.05) is 46.3 Å². The number of likely N-dealkylation sites (N-methyl/N-ethyl adjacent to an activating group) is 1. The number of amides is 1. The quantitative estimate of drug-likeness (QED) is 0.492. The molecular weight excluding hydrogens is 512 g/mol.